The van der Waals surface area contributed by atoms with E-state index < -0.39 is 11.6 Å². The highest BCUT2D eigenvalue weighted by atomic mass is 19.1. The highest BCUT2D eigenvalue weighted by Gasteiger charge is 2.10. The van der Waals surface area contributed by atoms with E-state index >= 15 is 0 Å². The summed E-state index contributed by atoms with van der Waals surface area (Å²) in [6, 6.07) is 9.41. The number of halogens is 2. The molecule has 2 aromatic rings. The van der Waals surface area contributed by atoms with Crippen LogP contribution in [0.5, 0.6) is 5.75 Å². The molecule has 0 aliphatic carbocycles. The Morgan fingerprint density at radius 2 is 2.00 bits per heavy atom. The summed E-state index contributed by atoms with van der Waals surface area (Å²) in [5.41, 5.74) is 0.631. The number of carbonyl (C=O) groups is 1. The van der Waals surface area contributed by atoms with Crippen LogP contribution in [0, 0.1) is 23.0 Å². The Balaban J connectivity index is 2.21. The van der Waals surface area contributed by atoms with Crippen LogP contribution in [0.15, 0.2) is 36.4 Å². The van der Waals surface area contributed by atoms with Gasteiger partial charge in [0.15, 0.2) is 5.78 Å². The van der Waals surface area contributed by atoms with Gasteiger partial charge in [-0.15, -0.1) is 0 Å². The monoisotopic (exact) mass is 287 g/mol. The first-order valence-corrected chi connectivity index (χ1v) is 6.13. The normalized spacial score (nSPS) is 10.0. The van der Waals surface area contributed by atoms with Gasteiger partial charge in [0.1, 0.15) is 30.1 Å². The Morgan fingerprint density at radius 1 is 1.24 bits per heavy atom. The van der Waals surface area contributed by atoms with Gasteiger partial charge in [-0.25, -0.2) is 8.78 Å². The maximum absolute atomic E-state index is 13.2. The second kappa shape index (κ2) is 6.14. The topological polar surface area (TPSA) is 50.1 Å². The number of carbonyl (C=O) groups excluding carboxylic acids is 1. The number of rotatable bonds is 4. The fraction of sp³-hybridized carbons (Fsp3) is 0.125. The summed E-state index contributed by atoms with van der Waals surface area (Å²) in [6.45, 7) is 1.36. The molecular formula is C16H11F2NO2. The van der Waals surface area contributed by atoms with Gasteiger partial charge in [-0.1, -0.05) is 6.07 Å². The molecule has 21 heavy (non-hydrogen) atoms. The summed E-state index contributed by atoms with van der Waals surface area (Å²) in [4.78, 5) is 11.4. The van der Waals surface area contributed by atoms with E-state index in [0.29, 0.717) is 5.56 Å². The van der Waals surface area contributed by atoms with Gasteiger partial charge in [0.2, 0.25) is 0 Å². The van der Waals surface area contributed by atoms with Gasteiger partial charge in [-0.3, -0.25) is 4.79 Å². The molecule has 0 saturated carbocycles. The van der Waals surface area contributed by atoms with Crippen LogP contribution < -0.4 is 4.74 Å². The van der Waals surface area contributed by atoms with Gasteiger partial charge >= 0.3 is 0 Å². The number of ether oxygens (including phenoxy) is 1. The van der Waals surface area contributed by atoms with Crippen molar-refractivity contribution in [3.8, 4) is 11.8 Å². The van der Waals surface area contributed by atoms with Crippen LogP contribution in [0.1, 0.15) is 28.4 Å². The Labute approximate surface area is 120 Å². The lowest BCUT2D eigenvalue weighted by atomic mass is 10.1. The van der Waals surface area contributed by atoms with Gasteiger partial charge < -0.3 is 4.74 Å². The molecule has 0 bridgehead atoms. The van der Waals surface area contributed by atoms with Gasteiger partial charge in [-0.05, 0) is 42.8 Å². The van der Waals surface area contributed by atoms with E-state index in [4.69, 9.17) is 10.00 Å². The molecule has 2 aromatic carbocycles. The van der Waals surface area contributed by atoms with Crippen molar-refractivity contribution in [1.29, 1.82) is 5.26 Å². The smallest absolute Gasteiger partial charge is 0.163 e. The van der Waals surface area contributed by atoms with Crippen molar-refractivity contribution in [3.05, 3.63) is 64.7 Å². The molecule has 3 nitrogen and oxygen atoms in total. The summed E-state index contributed by atoms with van der Waals surface area (Å²) in [7, 11) is 0. The molecule has 0 aliphatic rings. The molecule has 0 amide bonds. The highest BCUT2D eigenvalue weighted by Crippen LogP contribution is 2.22. The minimum absolute atomic E-state index is 0.0425. The predicted molar refractivity (Wildman–Crippen MR) is 71.9 cm³/mol. The van der Waals surface area contributed by atoms with Crippen molar-refractivity contribution in [2.24, 2.45) is 0 Å². The average molecular weight is 287 g/mol. The lowest BCUT2D eigenvalue weighted by Gasteiger charge is -2.10. The molecule has 0 aliphatic heterocycles. The molecule has 0 saturated heterocycles. The number of benzene rings is 2. The van der Waals surface area contributed by atoms with Gasteiger partial charge in [-0.2, -0.15) is 5.26 Å². The molecule has 2 rings (SSSR count). The molecule has 0 atom stereocenters. The third-order valence-corrected chi connectivity index (χ3v) is 2.87. The fourth-order valence-electron chi connectivity index (χ4n) is 1.81. The second-order valence-electron chi connectivity index (χ2n) is 4.41. The van der Waals surface area contributed by atoms with Crippen LogP contribution in [0.25, 0.3) is 0 Å². The molecule has 0 radical (unpaired) electrons. The zero-order chi connectivity index (χ0) is 15.4. The predicted octanol–water partition coefficient (Wildman–Crippen LogP) is 3.62. The first-order chi connectivity index (χ1) is 10.0. The summed E-state index contributed by atoms with van der Waals surface area (Å²) >= 11 is 0. The molecular weight excluding hydrogens is 276 g/mol. The Kier molecular flexibility index (Phi) is 4.29. The molecule has 106 valence electrons. The Morgan fingerprint density at radius 3 is 2.67 bits per heavy atom. The van der Waals surface area contributed by atoms with Crippen molar-refractivity contribution in [2.75, 3.05) is 0 Å². The van der Waals surface area contributed by atoms with Crippen LogP contribution in [-0.2, 0) is 6.61 Å². The maximum Gasteiger partial charge on any atom is 0.163 e. The minimum Gasteiger partial charge on any atom is -0.488 e. The quantitative estimate of drug-likeness (QED) is 0.807. The van der Waals surface area contributed by atoms with Crippen molar-refractivity contribution >= 4 is 5.78 Å². The number of nitriles is 1. The van der Waals surface area contributed by atoms with Crippen molar-refractivity contribution in [2.45, 2.75) is 13.5 Å². The first kappa shape index (κ1) is 14.7. The van der Waals surface area contributed by atoms with E-state index in [1.165, 1.54) is 37.3 Å². The third-order valence-electron chi connectivity index (χ3n) is 2.87. The SMILES string of the molecule is CC(=O)c1cc(F)ccc1OCc1ccc(F)c(C#N)c1. The zero-order valence-electron chi connectivity index (χ0n) is 11.2. The van der Waals surface area contributed by atoms with Crippen LogP contribution in [0.4, 0.5) is 8.78 Å². The summed E-state index contributed by atoms with van der Waals surface area (Å²) < 4.78 is 31.8. The Bertz CT molecular complexity index is 736. The van der Waals surface area contributed by atoms with Crippen LogP contribution in [0.2, 0.25) is 0 Å². The fourth-order valence-corrected chi connectivity index (χ4v) is 1.81. The lowest BCUT2D eigenvalue weighted by Crippen LogP contribution is -2.03. The van der Waals surface area contributed by atoms with Gasteiger partial charge in [0, 0.05) is 0 Å². The first-order valence-electron chi connectivity index (χ1n) is 6.13. The van der Waals surface area contributed by atoms with E-state index in [-0.39, 0.29) is 29.3 Å². The number of hydrogen-bond donors (Lipinski definition) is 0. The van der Waals surface area contributed by atoms with E-state index in [1.54, 1.807) is 6.07 Å². The van der Waals surface area contributed by atoms with Crippen molar-refractivity contribution < 1.29 is 18.3 Å². The third kappa shape index (κ3) is 3.42. The number of ketones is 1. The molecule has 0 unspecified atom stereocenters. The summed E-state index contributed by atoms with van der Waals surface area (Å²) in [5, 5.41) is 8.76. The zero-order valence-corrected chi connectivity index (χ0v) is 11.2. The van der Waals surface area contributed by atoms with Crippen LogP contribution in [0.3, 0.4) is 0 Å². The van der Waals surface area contributed by atoms with E-state index in [0.717, 1.165) is 6.07 Å². The van der Waals surface area contributed by atoms with E-state index in [2.05, 4.69) is 0 Å². The van der Waals surface area contributed by atoms with Crippen molar-refractivity contribution in [3.63, 3.8) is 0 Å². The lowest BCUT2D eigenvalue weighted by molar-refractivity contribution is 0.101. The highest BCUT2D eigenvalue weighted by molar-refractivity contribution is 5.96. The average Bonchev–Trinajstić information content (AvgIpc) is 2.47. The molecule has 0 heterocycles. The molecule has 5 heteroatoms. The Hall–Kier alpha value is -2.74. The molecule has 0 spiro atoms. The van der Waals surface area contributed by atoms with Gasteiger partial charge in [0.05, 0.1) is 11.1 Å². The summed E-state index contributed by atoms with van der Waals surface area (Å²) in [5.74, 6) is -1.21. The molecule has 0 N–H and O–H groups in total. The van der Waals surface area contributed by atoms with E-state index in [1.807, 2.05) is 0 Å². The second-order valence-corrected chi connectivity index (χ2v) is 4.41. The number of hydrogen-bond acceptors (Lipinski definition) is 3. The minimum atomic E-state index is -0.604. The maximum atomic E-state index is 13.2. The standard InChI is InChI=1S/C16H11F2NO2/c1-10(20)14-7-13(17)3-5-16(14)21-9-11-2-4-15(18)12(6-11)8-19/h2-7H,9H2,1H3. The van der Waals surface area contributed by atoms with Gasteiger partial charge in [0.25, 0.3) is 0 Å². The van der Waals surface area contributed by atoms with Crippen LogP contribution >= 0.6 is 0 Å². The van der Waals surface area contributed by atoms with Crippen molar-refractivity contribution in [1.82, 2.24) is 0 Å². The summed E-state index contributed by atoms with van der Waals surface area (Å²) in [6.07, 6.45) is 0. The number of nitrogens with zero attached hydrogens (tertiary/aromatic N) is 1. The molecule has 0 fully saturated rings. The molecule has 0 aromatic heterocycles. The number of Topliss-reactive ketones (excluding diaryl/α,β-unsaturated/α-hetero) is 1. The van der Waals surface area contributed by atoms with E-state index in [9.17, 15) is 13.6 Å². The largest absolute Gasteiger partial charge is 0.488 e. The van der Waals surface area contributed by atoms with Crippen LogP contribution in [-0.4, -0.2) is 5.78 Å².